The van der Waals surface area contributed by atoms with Crippen molar-refractivity contribution in [1.29, 1.82) is 0 Å². The van der Waals surface area contributed by atoms with Crippen molar-refractivity contribution >= 4 is 0 Å². The molecular weight excluding hydrogens is 314 g/mol. The van der Waals surface area contributed by atoms with Crippen LogP contribution in [-0.4, -0.2) is 34.7 Å². The molecule has 0 amide bonds. The van der Waals surface area contributed by atoms with Crippen molar-refractivity contribution in [3.05, 3.63) is 42.0 Å². The molecule has 0 spiro atoms. The van der Waals surface area contributed by atoms with Gasteiger partial charge in [0.15, 0.2) is 5.82 Å². The third-order valence-corrected chi connectivity index (χ3v) is 4.92. The minimum atomic E-state index is 0.169. The first kappa shape index (κ1) is 17.9. The predicted octanol–water partition coefficient (Wildman–Crippen LogP) is 4.26. The second-order valence-corrected chi connectivity index (χ2v) is 6.96. The molecule has 2 unspecified atom stereocenters. The van der Waals surface area contributed by atoms with Crippen molar-refractivity contribution in [3.63, 3.8) is 0 Å². The third kappa shape index (κ3) is 5.05. The summed E-state index contributed by atoms with van der Waals surface area (Å²) in [4.78, 5) is 7.03. The van der Waals surface area contributed by atoms with Crippen molar-refractivity contribution in [1.82, 2.24) is 15.0 Å². The summed E-state index contributed by atoms with van der Waals surface area (Å²) >= 11 is 0. The van der Waals surface area contributed by atoms with Crippen LogP contribution in [0.25, 0.3) is 0 Å². The molecule has 0 aliphatic carbocycles. The number of aromatic nitrogens is 2. The van der Waals surface area contributed by atoms with E-state index in [1.165, 1.54) is 12.8 Å². The molecule has 5 nitrogen and oxygen atoms in total. The van der Waals surface area contributed by atoms with Crippen molar-refractivity contribution in [2.24, 2.45) is 5.92 Å². The molecule has 136 valence electrons. The summed E-state index contributed by atoms with van der Waals surface area (Å²) in [6.07, 6.45) is 5.55. The summed E-state index contributed by atoms with van der Waals surface area (Å²) in [7, 11) is 0. The van der Waals surface area contributed by atoms with Gasteiger partial charge in [-0.1, -0.05) is 36.7 Å². The molecule has 0 radical (unpaired) electrons. The van der Waals surface area contributed by atoms with E-state index in [-0.39, 0.29) is 6.04 Å². The monoisotopic (exact) mass is 343 g/mol. The lowest BCUT2D eigenvalue weighted by molar-refractivity contribution is 0.0869. The SMILES string of the molecule is CCCCc1noc(C(C)N2CCCC(COc3ccccc3)C2)n1. The molecule has 2 heterocycles. The molecule has 1 fully saturated rings. The molecule has 1 aromatic heterocycles. The Hall–Kier alpha value is -1.88. The van der Waals surface area contributed by atoms with Crippen molar-refractivity contribution in [3.8, 4) is 5.75 Å². The van der Waals surface area contributed by atoms with Gasteiger partial charge in [0.2, 0.25) is 5.89 Å². The van der Waals surface area contributed by atoms with Crippen LogP contribution in [0.2, 0.25) is 0 Å². The smallest absolute Gasteiger partial charge is 0.243 e. The summed E-state index contributed by atoms with van der Waals surface area (Å²) < 4.78 is 11.5. The Morgan fingerprint density at radius 1 is 1.32 bits per heavy atom. The first-order chi connectivity index (χ1) is 12.3. The largest absolute Gasteiger partial charge is 0.493 e. The van der Waals surface area contributed by atoms with E-state index >= 15 is 0 Å². The van der Waals surface area contributed by atoms with Crippen LogP contribution in [0.1, 0.15) is 57.3 Å². The van der Waals surface area contributed by atoms with Crippen LogP contribution in [-0.2, 0) is 6.42 Å². The summed E-state index contributed by atoms with van der Waals surface area (Å²) in [5, 5.41) is 4.13. The van der Waals surface area contributed by atoms with E-state index in [0.29, 0.717) is 5.92 Å². The Labute approximate surface area is 150 Å². The Balaban J connectivity index is 1.52. The molecule has 1 aromatic carbocycles. The number of likely N-dealkylation sites (tertiary alicyclic amines) is 1. The summed E-state index contributed by atoms with van der Waals surface area (Å²) in [5.41, 5.74) is 0. The van der Waals surface area contributed by atoms with Gasteiger partial charge in [0.1, 0.15) is 5.75 Å². The van der Waals surface area contributed by atoms with Gasteiger partial charge in [0, 0.05) is 18.9 Å². The van der Waals surface area contributed by atoms with Crippen LogP contribution < -0.4 is 4.74 Å². The number of hydrogen-bond acceptors (Lipinski definition) is 5. The first-order valence-electron chi connectivity index (χ1n) is 9.50. The molecule has 0 saturated carbocycles. The molecule has 25 heavy (non-hydrogen) atoms. The summed E-state index contributed by atoms with van der Waals surface area (Å²) in [6, 6.07) is 10.2. The van der Waals surface area contributed by atoms with Gasteiger partial charge in [-0.05, 0) is 44.9 Å². The third-order valence-electron chi connectivity index (χ3n) is 4.92. The van der Waals surface area contributed by atoms with E-state index in [0.717, 1.165) is 56.4 Å². The number of piperidine rings is 1. The number of para-hydroxylation sites is 1. The quantitative estimate of drug-likeness (QED) is 0.716. The van der Waals surface area contributed by atoms with E-state index in [9.17, 15) is 0 Å². The lowest BCUT2D eigenvalue weighted by Crippen LogP contribution is -2.39. The maximum atomic E-state index is 5.95. The van der Waals surface area contributed by atoms with Gasteiger partial charge in [0.05, 0.1) is 12.6 Å². The number of unbranched alkanes of at least 4 members (excludes halogenated alkanes) is 1. The average Bonchev–Trinajstić information content (AvgIpc) is 3.14. The molecule has 2 atom stereocenters. The van der Waals surface area contributed by atoms with E-state index < -0.39 is 0 Å². The zero-order chi connectivity index (χ0) is 17.5. The summed E-state index contributed by atoms with van der Waals surface area (Å²) in [6.45, 7) is 7.20. The molecule has 2 aromatic rings. The lowest BCUT2D eigenvalue weighted by Gasteiger charge is -2.35. The number of rotatable bonds is 8. The lowest BCUT2D eigenvalue weighted by atomic mass is 9.97. The topological polar surface area (TPSA) is 51.4 Å². The molecule has 1 saturated heterocycles. The number of benzene rings is 1. The van der Waals surface area contributed by atoms with Gasteiger partial charge >= 0.3 is 0 Å². The highest BCUT2D eigenvalue weighted by Crippen LogP contribution is 2.26. The number of aryl methyl sites for hydroxylation is 1. The second-order valence-electron chi connectivity index (χ2n) is 6.96. The molecule has 1 aliphatic heterocycles. The van der Waals surface area contributed by atoms with Crippen LogP contribution in [0, 0.1) is 5.92 Å². The van der Waals surface area contributed by atoms with Gasteiger partial charge in [-0.2, -0.15) is 4.98 Å². The second kappa shape index (κ2) is 8.99. The van der Waals surface area contributed by atoms with Gasteiger partial charge in [-0.25, -0.2) is 0 Å². The van der Waals surface area contributed by atoms with Gasteiger partial charge in [-0.15, -0.1) is 0 Å². The standard InChI is InChI=1S/C20H29N3O2/c1-3-4-12-19-21-20(25-22-19)16(2)23-13-8-9-17(14-23)15-24-18-10-6-5-7-11-18/h5-7,10-11,16-17H,3-4,8-9,12-15H2,1-2H3. The van der Waals surface area contributed by atoms with Crippen LogP contribution in [0.5, 0.6) is 5.75 Å². The van der Waals surface area contributed by atoms with Crippen LogP contribution in [0.4, 0.5) is 0 Å². The number of nitrogens with zero attached hydrogens (tertiary/aromatic N) is 3. The molecule has 5 heteroatoms. The zero-order valence-corrected chi connectivity index (χ0v) is 15.4. The van der Waals surface area contributed by atoms with E-state index in [4.69, 9.17) is 9.26 Å². The van der Waals surface area contributed by atoms with Crippen LogP contribution in [0.15, 0.2) is 34.9 Å². The fourth-order valence-corrected chi connectivity index (χ4v) is 3.35. The highest BCUT2D eigenvalue weighted by Gasteiger charge is 2.27. The van der Waals surface area contributed by atoms with Gasteiger partial charge < -0.3 is 9.26 Å². The van der Waals surface area contributed by atoms with E-state index in [2.05, 4.69) is 28.9 Å². The highest BCUT2D eigenvalue weighted by molar-refractivity contribution is 5.20. The van der Waals surface area contributed by atoms with Gasteiger partial charge in [0.25, 0.3) is 0 Å². The fourth-order valence-electron chi connectivity index (χ4n) is 3.35. The summed E-state index contributed by atoms with van der Waals surface area (Å²) in [5.74, 6) is 3.07. The number of ether oxygens (including phenoxy) is 1. The Bertz CT molecular complexity index is 629. The van der Waals surface area contributed by atoms with Crippen molar-refractivity contribution in [2.45, 2.75) is 52.0 Å². The molecule has 3 rings (SSSR count). The maximum absolute atomic E-state index is 5.95. The number of hydrogen-bond donors (Lipinski definition) is 0. The fraction of sp³-hybridized carbons (Fsp3) is 0.600. The van der Waals surface area contributed by atoms with Crippen molar-refractivity contribution < 1.29 is 9.26 Å². The molecular formula is C20H29N3O2. The Morgan fingerprint density at radius 3 is 2.96 bits per heavy atom. The van der Waals surface area contributed by atoms with Gasteiger partial charge in [-0.3, -0.25) is 4.90 Å². The normalized spacial score (nSPS) is 19.7. The van der Waals surface area contributed by atoms with Crippen LogP contribution in [0.3, 0.4) is 0 Å². The highest BCUT2D eigenvalue weighted by atomic mass is 16.5. The minimum Gasteiger partial charge on any atom is -0.493 e. The average molecular weight is 343 g/mol. The molecule has 0 N–H and O–H groups in total. The minimum absolute atomic E-state index is 0.169. The molecule has 0 bridgehead atoms. The maximum Gasteiger partial charge on any atom is 0.243 e. The Morgan fingerprint density at radius 2 is 2.16 bits per heavy atom. The van der Waals surface area contributed by atoms with Crippen LogP contribution >= 0.6 is 0 Å². The molecule has 1 aliphatic rings. The Kier molecular flexibility index (Phi) is 6.45. The van der Waals surface area contributed by atoms with E-state index in [1.807, 2.05) is 30.3 Å². The predicted molar refractivity (Wildman–Crippen MR) is 97.6 cm³/mol. The first-order valence-corrected chi connectivity index (χ1v) is 9.50. The van der Waals surface area contributed by atoms with Crippen molar-refractivity contribution in [2.75, 3.05) is 19.7 Å². The zero-order valence-electron chi connectivity index (χ0n) is 15.4. The van der Waals surface area contributed by atoms with E-state index in [1.54, 1.807) is 0 Å².